The first-order chi connectivity index (χ1) is 10.5. The standard InChI is InChI=1S/C15H20BrN3O2S/c16-14-4-6-15(7-5-14)22(20,21)19-12-10-18(11-13-19)9-3-1-2-8-17/h4-7H,1-3,9-13H2. The van der Waals surface area contributed by atoms with Crippen LogP contribution in [0.1, 0.15) is 19.3 Å². The van der Waals surface area contributed by atoms with Crippen LogP contribution in [0.25, 0.3) is 0 Å². The molecule has 0 spiro atoms. The van der Waals surface area contributed by atoms with Crippen LogP contribution in [0.4, 0.5) is 0 Å². The second-order valence-corrected chi connectivity index (χ2v) is 8.17. The molecule has 5 nitrogen and oxygen atoms in total. The van der Waals surface area contributed by atoms with Gasteiger partial charge in [0.2, 0.25) is 10.0 Å². The Labute approximate surface area is 140 Å². The lowest BCUT2D eigenvalue weighted by atomic mass is 10.2. The summed E-state index contributed by atoms with van der Waals surface area (Å²) in [7, 11) is -3.39. The summed E-state index contributed by atoms with van der Waals surface area (Å²) in [5.74, 6) is 0. The summed E-state index contributed by atoms with van der Waals surface area (Å²) in [6.07, 6.45) is 2.50. The molecule has 1 aliphatic heterocycles. The van der Waals surface area contributed by atoms with Gasteiger partial charge >= 0.3 is 0 Å². The SMILES string of the molecule is N#CCCCCN1CCN(S(=O)(=O)c2ccc(Br)cc2)CC1. The van der Waals surface area contributed by atoms with Gasteiger partial charge in [-0.05, 0) is 43.7 Å². The predicted octanol–water partition coefficient (Wildman–Crippen LogP) is 2.45. The van der Waals surface area contributed by atoms with Gasteiger partial charge in [-0.2, -0.15) is 9.57 Å². The Morgan fingerprint density at radius 1 is 1.09 bits per heavy atom. The Morgan fingerprint density at radius 3 is 2.32 bits per heavy atom. The van der Waals surface area contributed by atoms with E-state index in [1.807, 2.05) is 0 Å². The fourth-order valence-electron chi connectivity index (χ4n) is 2.49. The third-order valence-electron chi connectivity index (χ3n) is 3.80. The molecule has 1 aromatic rings. The number of hydrogen-bond acceptors (Lipinski definition) is 4. The van der Waals surface area contributed by atoms with Crippen LogP contribution in [0.15, 0.2) is 33.6 Å². The Balaban J connectivity index is 1.88. The number of rotatable bonds is 6. The van der Waals surface area contributed by atoms with E-state index in [-0.39, 0.29) is 0 Å². The van der Waals surface area contributed by atoms with E-state index >= 15 is 0 Å². The number of benzene rings is 1. The number of piperazine rings is 1. The van der Waals surface area contributed by atoms with Crippen LogP contribution in [-0.2, 0) is 10.0 Å². The lowest BCUT2D eigenvalue weighted by Gasteiger charge is -2.33. The molecule has 0 aliphatic carbocycles. The van der Waals surface area contributed by atoms with Crippen molar-refractivity contribution >= 4 is 26.0 Å². The minimum atomic E-state index is -3.39. The van der Waals surface area contributed by atoms with Gasteiger partial charge in [0.1, 0.15) is 0 Å². The second-order valence-electron chi connectivity index (χ2n) is 5.31. The van der Waals surface area contributed by atoms with Gasteiger partial charge in [0.25, 0.3) is 0 Å². The van der Waals surface area contributed by atoms with E-state index in [4.69, 9.17) is 5.26 Å². The highest BCUT2D eigenvalue weighted by atomic mass is 79.9. The molecule has 0 N–H and O–H groups in total. The number of halogens is 1. The van der Waals surface area contributed by atoms with Crippen LogP contribution in [0.2, 0.25) is 0 Å². The molecule has 1 heterocycles. The maximum Gasteiger partial charge on any atom is 0.243 e. The smallest absolute Gasteiger partial charge is 0.243 e. The van der Waals surface area contributed by atoms with Gasteiger partial charge in [-0.25, -0.2) is 8.42 Å². The van der Waals surface area contributed by atoms with E-state index < -0.39 is 10.0 Å². The van der Waals surface area contributed by atoms with E-state index in [1.165, 1.54) is 0 Å². The van der Waals surface area contributed by atoms with Crippen molar-refractivity contribution in [3.63, 3.8) is 0 Å². The van der Waals surface area contributed by atoms with Crippen molar-refractivity contribution in [2.24, 2.45) is 0 Å². The molecule has 0 saturated carbocycles. The van der Waals surface area contributed by atoms with E-state index in [9.17, 15) is 8.42 Å². The highest BCUT2D eigenvalue weighted by Crippen LogP contribution is 2.20. The van der Waals surface area contributed by atoms with Crippen LogP contribution < -0.4 is 0 Å². The van der Waals surface area contributed by atoms with Crippen molar-refractivity contribution < 1.29 is 8.42 Å². The van der Waals surface area contributed by atoms with Crippen LogP contribution in [0.3, 0.4) is 0 Å². The number of unbranched alkanes of at least 4 members (excludes halogenated alkanes) is 2. The van der Waals surface area contributed by atoms with Crippen LogP contribution >= 0.6 is 15.9 Å². The van der Waals surface area contributed by atoms with E-state index in [0.717, 1.165) is 36.9 Å². The molecule has 0 radical (unpaired) electrons. The van der Waals surface area contributed by atoms with Gasteiger partial charge in [0.15, 0.2) is 0 Å². The summed E-state index contributed by atoms with van der Waals surface area (Å²) < 4.78 is 27.5. The van der Waals surface area contributed by atoms with Crippen LogP contribution in [0, 0.1) is 11.3 Å². The molecule has 0 unspecified atom stereocenters. The van der Waals surface area contributed by atoms with Crippen LogP contribution in [0.5, 0.6) is 0 Å². The Hall–Kier alpha value is -0.940. The third-order valence-corrected chi connectivity index (χ3v) is 6.24. The minimum Gasteiger partial charge on any atom is -0.301 e. The third kappa shape index (κ3) is 4.53. The zero-order chi connectivity index (χ0) is 16.0. The Kier molecular flexibility index (Phi) is 6.38. The molecule has 1 fully saturated rings. The maximum atomic E-state index is 12.6. The van der Waals surface area contributed by atoms with Gasteiger partial charge in [-0.1, -0.05) is 15.9 Å². The Bertz CT molecular complexity index is 617. The summed E-state index contributed by atoms with van der Waals surface area (Å²) in [6, 6.07) is 8.91. The molecule has 0 bridgehead atoms. The topological polar surface area (TPSA) is 64.4 Å². The summed E-state index contributed by atoms with van der Waals surface area (Å²) in [4.78, 5) is 2.61. The van der Waals surface area contributed by atoms with E-state index in [0.29, 0.717) is 24.4 Å². The van der Waals surface area contributed by atoms with Crippen molar-refractivity contribution in [1.29, 1.82) is 5.26 Å². The summed E-state index contributed by atoms with van der Waals surface area (Å²) in [6.45, 7) is 3.49. The average molecular weight is 386 g/mol. The van der Waals surface area contributed by atoms with Crippen molar-refractivity contribution in [2.45, 2.75) is 24.2 Å². The van der Waals surface area contributed by atoms with Gasteiger partial charge < -0.3 is 4.90 Å². The molecule has 1 aliphatic rings. The summed E-state index contributed by atoms with van der Waals surface area (Å²) in [5, 5.41) is 8.51. The molecule has 0 aromatic heterocycles. The minimum absolute atomic E-state index is 0.346. The van der Waals surface area contributed by atoms with Crippen molar-refractivity contribution in [3.8, 4) is 6.07 Å². The molecular formula is C15H20BrN3O2S. The molecule has 7 heteroatoms. The van der Waals surface area contributed by atoms with E-state index in [2.05, 4.69) is 26.9 Å². The second kappa shape index (κ2) is 8.06. The number of hydrogen-bond donors (Lipinski definition) is 0. The highest BCUT2D eigenvalue weighted by molar-refractivity contribution is 9.10. The van der Waals surface area contributed by atoms with E-state index in [1.54, 1.807) is 28.6 Å². The predicted molar refractivity (Wildman–Crippen MR) is 88.8 cm³/mol. The van der Waals surface area contributed by atoms with Crippen molar-refractivity contribution in [2.75, 3.05) is 32.7 Å². The quantitative estimate of drug-likeness (QED) is 0.705. The normalized spacial score (nSPS) is 17.3. The van der Waals surface area contributed by atoms with Crippen molar-refractivity contribution in [3.05, 3.63) is 28.7 Å². The lowest BCUT2D eigenvalue weighted by molar-refractivity contribution is 0.186. The fourth-order valence-corrected chi connectivity index (χ4v) is 4.18. The molecule has 0 amide bonds. The molecule has 22 heavy (non-hydrogen) atoms. The largest absolute Gasteiger partial charge is 0.301 e. The number of nitrogens with zero attached hydrogens (tertiary/aromatic N) is 3. The summed E-state index contributed by atoms with van der Waals surface area (Å²) in [5.41, 5.74) is 0. The zero-order valence-electron chi connectivity index (χ0n) is 12.4. The zero-order valence-corrected chi connectivity index (χ0v) is 14.8. The fraction of sp³-hybridized carbons (Fsp3) is 0.533. The highest BCUT2D eigenvalue weighted by Gasteiger charge is 2.28. The maximum absolute atomic E-state index is 12.6. The number of nitriles is 1. The van der Waals surface area contributed by atoms with Crippen LogP contribution in [-0.4, -0.2) is 50.3 Å². The van der Waals surface area contributed by atoms with Gasteiger partial charge in [0, 0.05) is 37.1 Å². The molecule has 2 rings (SSSR count). The van der Waals surface area contributed by atoms with Crippen molar-refractivity contribution in [1.82, 2.24) is 9.21 Å². The average Bonchev–Trinajstić information content (AvgIpc) is 2.52. The molecule has 120 valence electrons. The molecular weight excluding hydrogens is 366 g/mol. The molecule has 1 saturated heterocycles. The van der Waals surface area contributed by atoms with Gasteiger partial charge in [-0.15, -0.1) is 0 Å². The first-order valence-electron chi connectivity index (χ1n) is 7.39. The monoisotopic (exact) mass is 385 g/mol. The molecule has 0 atom stereocenters. The Morgan fingerprint density at radius 2 is 1.73 bits per heavy atom. The van der Waals surface area contributed by atoms with Gasteiger partial charge in [0.05, 0.1) is 11.0 Å². The first kappa shape index (κ1) is 17.4. The summed E-state index contributed by atoms with van der Waals surface area (Å²) >= 11 is 3.32. The lowest BCUT2D eigenvalue weighted by Crippen LogP contribution is -2.48. The first-order valence-corrected chi connectivity index (χ1v) is 9.62. The van der Waals surface area contributed by atoms with Gasteiger partial charge in [-0.3, -0.25) is 0 Å². The number of sulfonamides is 1. The molecule has 1 aromatic carbocycles.